The molecule has 104 valence electrons. The van der Waals surface area contributed by atoms with Crippen molar-refractivity contribution >= 4 is 23.0 Å². The lowest BCUT2D eigenvalue weighted by Gasteiger charge is -2.22. The molecule has 19 heavy (non-hydrogen) atoms. The van der Waals surface area contributed by atoms with Crippen molar-refractivity contribution in [1.82, 2.24) is 4.98 Å². The van der Waals surface area contributed by atoms with Gasteiger partial charge in [-0.05, 0) is 30.9 Å². The smallest absolute Gasteiger partial charge is 0.389 e. The van der Waals surface area contributed by atoms with Gasteiger partial charge < -0.3 is 10.6 Å². The molecule has 0 spiro atoms. The fourth-order valence-electron chi connectivity index (χ4n) is 1.86. The van der Waals surface area contributed by atoms with Gasteiger partial charge in [0.05, 0.1) is 5.56 Å². The molecule has 0 aliphatic heterocycles. The van der Waals surface area contributed by atoms with Gasteiger partial charge in [-0.15, -0.1) is 0 Å². The van der Waals surface area contributed by atoms with Crippen molar-refractivity contribution in [2.24, 2.45) is 11.7 Å². The van der Waals surface area contributed by atoms with Gasteiger partial charge >= 0.3 is 6.18 Å². The van der Waals surface area contributed by atoms with Crippen LogP contribution in [0.2, 0.25) is 0 Å². The maximum Gasteiger partial charge on any atom is 0.433 e. The number of aromatic nitrogens is 1. The van der Waals surface area contributed by atoms with Crippen molar-refractivity contribution in [2.75, 3.05) is 18.5 Å². The number of alkyl halides is 3. The fraction of sp³-hybridized carbons (Fsp3) is 0.500. The number of rotatable bonds is 4. The molecule has 2 rings (SSSR count). The fourth-order valence-corrected chi connectivity index (χ4v) is 2.02. The maximum atomic E-state index is 12.7. The van der Waals surface area contributed by atoms with Crippen LogP contribution < -0.4 is 10.6 Å². The van der Waals surface area contributed by atoms with E-state index in [4.69, 9.17) is 18.0 Å². The number of pyridine rings is 1. The molecule has 0 saturated heterocycles. The van der Waals surface area contributed by atoms with Gasteiger partial charge in [0.2, 0.25) is 0 Å². The van der Waals surface area contributed by atoms with Gasteiger partial charge in [-0.2, -0.15) is 13.2 Å². The zero-order valence-corrected chi connectivity index (χ0v) is 11.2. The summed E-state index contributed by atoms with van der Waals surface area (Å²) in [7, 11) is 1.71. The van der Waals surface area contributed by atoms with Crippen molar-refractivity contribution < 1.29 is 13.2 Å². The number of hydrogen-bond acceptors (Lipinski definition) is 3. The molecule has 1 heterocycles. The van der Waals surface area contributed by atoms with E-state index in [1.807, 2.05) is 0 Å². The molecule has 0 amide bonds. The molecule has 1 aromatic rings. The third kappa shape index (κ3) is 3.34. The van der Waals surface area contributed by atoms with E-state index in [-0.39, 0.29) is 10.8 Å². The molecule has 0 atom stereocenters. The van der Waals surface area contributed by atoms with Crippen LogP contribution in [0, 0.1) is 5.92 Å². The average Bonchev–Trinajstić information content (AvgIpc) is 3.10. The van der Waals surface area contributed by atoms with E-state index in [9.17, 15) is 13.2 Å². The number of hydrogen-bond donors (Lipinski definition) is 1. The normalized spacial score (nSPS) is 15.4. The Balaban J connectivity index is 2.37. The highest BCUT2D eigenvalue weighted by atomic mass is 32.1. The minimum atomic E-state index is -4.47. The van der Waals surface area contributed by atoms with E-state index in [2.05, 4.69) is 4.98 Å². The Morgan fingerprint density at radius 3 is 2.58 bits per heavy atom. The molecule has 0 radical (unpaired) electrons. The lowest BCUT2D eigenvalue weighted by molar-refractivity contribution is -0.141. The first-order chi connectivity index (χ1) is 8.79. The Morgan fingerprint density at radius 2 is 2.11 bits per heavy atom. The summed E-state index contributed by atoms with van der Waals surface area (Å²) in [5.41, 5.74) is 5.00. The van der Waals surface area contributed by atoms with E-state index in [0.717, 1.165) is 18.9 Å². The third-order valence-corrected chi connectivity index (χ3v) is 3.24. The van der Waals surface area contributed by atoms with Gasteiger partial charge in [0.15, 0.2) is 0 Å². The number of thiocarbonyl (C=S) groups is 1. The highest BCUT2D eigenvalue weighted by Crippen LogP contribution is 2.33. The van der Waals surface area contributed by atoms with E-state index < -0.39 is 11.9 Å². The van der Waals surface area contributed by atoms with Gasteiger partial charge in [-0.25, -0.2) is 4.98 Å². The summed E-state index contributed by atoms with van der Waals surface area (Å²) >= 11 is 4.86. The monoisotopic (exact) mass is 289 g/mol. The second-order valence-corrected chi connectivity index (χ2v) is 5.19. The highest BCUT2D eigenvalue weighted by Gasteiger charge is 2.34. The Bertz CT molecular complexity index is 497. The summed E-state index contributed by atoms with van der Waals surface area (Å²) in [6.07, 6.45) is -2.26. The number of nitrogens with zero attached hydrogens (tertiary/aromatic N) is 2. The van der Waals surface area contributed by atoms with E-state index >= 15 is 0 Å². The standard InChI is InChI=1S/C12H14F3N3S/c1-18(6-7-2-3-7)11-8(10(16)19)4-5-9(17-11)12(13,14)15/h4-5,7H,2-3,6H2,1H3,(H2,16,19). The van der Waals surface area contributed by atoms with Crippen LogP contribution in [0.3, 0.4) is 0 Å². The lowest BCUT2D eigenvalue weighted by Crippen LogP contribution is -2.26. The molecule has 1 saturated carbocycles. The molecule has 1 aliphatic carbocycles. The minimum Gasteiger partial charge on any atom is -0.389 e. The number of anilines is 1. The molecule has 0 bridgehead atoms. The van der Waals surface area contributed by atoms with Crippen molar-refractivity contribution in [2.45, 2.75) is 19.0 Å². The average molecular weight is 289 g/mol. The molecule has 7 heteroatoms. The third-order valence-electron chi connectivity index (χ3n) is 3.02. The Hall–Kier alpha value is -1.37. The van der Waals surface area contributed by atoms with Crippen LogP contribution in [-0.4, -0.2) is 23.6 Å². The van der Waals surface area contributed by atoms with Crippen molar-refractivity contribution in [1.29, 1.82) is 0 Å². The topological polar surface area (TPSA) is 42.2 Å². The van der Waals surface area contributed by atoms with E-state index in [1.54, 1.807) is 11.9 Å². The van der Waals surface area contributed by atoms with Gasteiger partial charge in [0.25, 0.3) is 0 Å². The first-order valence-electron chi connectivity index (χ1n) is 5.88. The summed E-state index contributed by atoms with van der Waals surface area (Å²) in [6, 6.07) is 2.19. The largest absolute Gasteiger partial charge is 0.433 e. The van der Waals surface area contributed by atoms with Crippen LogP contribution in [-0.2, 0) is 6.18 Å². The van der Waals surface area contributed by atoms with Gasteiger partial charge in [0.1, 0.15) is 16.5 Å². The predicted molar refractivity (Wildman–Crippen MR) is 71.1 cm³/mol. The lowest BCUT2D eigenvalue weighted by atomic mass is 10.2. The van der Waals surface area contributed by atoms with Crippen LogP contribution in [0.1, 0.15) is 24.1 Å². The summed E-state index contributed by atoms with van der Waals surface area (Å²) < 4.78 is 38.1. The molecular formula is C12H14F3N3S. The molecular weight excluding hydrogens is 275 g/mol. The summed E-state index contributed by atoms with van der Waals surface area (Å²) in [5.74, 6) is 0.731. The first kappa shape index (κ1) is 14.0. The second kappa shape index (κ2) is 4.96. The number of halogens is 3. The molecule has 0 aromatic carbocycles. The molecule has 1 fully saturated rings. The summed E-state index contributed by atoms with van der Waals surface area (Å²) in [6.45, 7) is 0.671. The Kier molecular flexibility index (Phi) is 3.66. The predicted octanol–water partition coefficient (Wildman–Crippen LogP) is 2.58. The molecule has 2 N–H and O–H groups in total. The SMILES string of the molecule is CN(CC1CC1)c1nc(C(F)(F)F)ccc1C(N)=S. The first-order valence-corrected chi connectivity index (χ1v) is 6.29. The molecule has 1 aliphatic rings. The maximum absolute atomic E-state index is 12.7. The molecule has 0 unspecified atom stereocenters. The minimum absolute atomic E-state index is 0.0545. The van der Waals surface area contributed by atoms with Crippen LogP contribution in [0.4, 0.5) is 19.0 Å². The van der Waals surface area contributed by atoms with Crippen LogP contribution in [0.15, 0.2) is 12.1 Å². The summed E-state index contributed by atoms with van der Waals surface area (Å²) in [4.78, 5) is 5.43. The van der Waals surface area contributed by atoms with Crippen molar-refractivity contribution in [3.63, 3.8) is 0 Å². The highest BCUT2D eigenvalue weighted by molar-refractivity contribution is 7.80. The Morgan fingerprint density at radius 1 is 1.47 bits per heavy atom. The van der Waals surface area contributed by atoms with Gasteiger partial charge in [0, 0.05) is 13.6 Å². The quantitative estimate of drug-likeness (QED) is 0.865. The Labute approximate surface area is 114 Å². The van der Waals surface area contributed by atoms with Crippen molar-refractivity contribution in [3.05, 3.63) is 23.4 Å². The zero-order valence-electron chi connectivity index (χ0n) is 10.4. The van der Waals surface area contributed by atoms with Crippen LogP contribution in [0.25, 0.3) is 0 Å². The number of nitrogens with two attached hydrogens (primary N) is 1. The van der Waals surface area contributed by atoms with Crippen LogP contribution in [0.5, 0.6) is 0 Å². The van der Waals surface area contributed by atoms with E-state index in [0.29, 0.717) is 18.0 Å². The van der Waals surface area contributed by atoms with Gasteiger partial charge in [-0.3, -0.25) is 0 Å². The molecule has 3 nitrogen and oxygen atoms in total. The second-order valence-electron chi connectivity index (χ2n) is 4.75. The zero-order chi connectivity index (χ0) is 14.2. The van der Waals surface area contributed by atoms with Crippen LogP contribution >= 0.6 is 12.2 Å². The molecule has 1 aromatic heterocycles. The summed E-state index contributed by atoms with van der Waals surface area (Å²) in [5, 5.41) is 0. The van der Waals surface area contributed by atoms with Crippen molar-refractivity contribution in [3.8, 4) is 0 Å². The van der Waals surface area contributed by atoms with Gasteiger partial charge in [-0.1, -0.05) is 12.2 Å². The van der Waals surface area contributed by atoms with E-state index in [1.165, 1.54) is 6.07 Å².